The summed E-state index contributed by atoms with van der Waals surface area (Å²) in [5.41, 5.74) is 1.04. The minimum atomic E-state index is -0.506. The van der Waals surface area contributed by atoms with Gasteiger partial charge in [-0.2, -0.15) is 4.98 Å². The van der Waals surface area contributed by atoms with E-state index >= 15 is 0 Å². The Bertz CT molecular complexity index is 987. The number of rotatable bonds is 8. The molecule has 3 rings (SSSR count). The first-order valence-corrected chi connectivity index (χ1v) is 9.43. The lowest BCUT2D eigenvalue weighted by molar-refractivity contribution is -0.384. The van der Waals surface area contributed by atoms with E-state index < -0.39 is 4.92 Å². The second-order valence-corrected chi connectivity index (χ2v) is 6.69. The number of nitro benzene ring substituents is 1. The van der Waals surface area contributed by atoms with E-state index in [1.54, 1.807) is 11.0 Å². The molecule has 0 aliphatic rings. The van der Waals surface area contributed by atoms with Crippen molar-refractivity contribution >= 4 is 11.6 Å². The van der Waals surface area contributed by atoms with Crippen LogP contribution in [0.15, 0.2) is 59.1 Å². The summed E-state index contributed by atoms with van der Waals surface area (Å²) in [5, 5.41) is 15.0. The highest BCUT2D eigenvalue weighted by molar-refractivity contribution is 5.95. The minimum Gasteiger partial charge on any atom is -0.339 e. The zero-order valence-electron chi connectivity index (χ0n) is 16.3. The second-order valence-electron chi connectivity index (χ2n) is 6.69. The molecule has 8 heteroatoms. The lowest BCUT2D eigenvalue weighted by Gasteiger charge is -2.28. The molecule has 2 aromatic carbocycles. The van der Waals surface area contributed by atoms with E-state index in [0.29, 0.717) is 24.7 Å². The number of carbonyl (C=O) groups is 1. The van der Waals surface area contributed by atoms with Gasteiger partial charge in [-0.1, -0.05) is 48.5 Å². The summed E-state index contributed by atoms with van der Waals surface area (Å²) < 4.78 is 5.33. The van der Waals surface area contributed by atoms with Gasteiger partial charge in [-0.05, 0) is 19.4 Å². The molecular formula is C21H22N4O4. The van der Waals surface area contributed by atoms with Crippen LogP contribution in [0.2, 0.25) is 0 Å². The fourth-order valence-electron chi connectivity index (χ4n) is 2.94. The number of carbonyl (C=O) groups excluding carboxylic acids is 1. The minimum absolute atomic E-state index is 0.0433. The molecule has 1 unspecified atom stereocenters. The number of hydrogen-bond donors (Lipinski definition) is 0. The predicted octanol–water partition coefficient (Wildman–Crippen LogP) is 4.13. The Morgan fingerprint density at radius 3 is 2.66 bits per heavy atom. The van der Waals surface area contributed by atoms with Crippen LogP contribution >= 0.6 is 0 Å². The van der Waals surface area contributed by atoms with Gasteiger partial charge in [0, 0.05) is 42.3 Å². The standard InChI is InChI=1S/C21H22N4O4/c1-3-15(2)24(21(26)17-10-7-11-18(14-17)25(27)28)13-12-19-22-20(23-29-19)16-8-5-4-6-9-16/h4-11,14-15H,3,12-13H2,1-2H3. The molecule has 0 radical (unpaired) electrons. The fraction of sp³-hybridized carbons (Fsp3) is 0.286. The summed E-state index contributed by atoms with van der Waals surface area (Å²) in [6, 6.07) is 15.2. The molecule has 150 valence electrons. The molecule has 0 bridgehead atoms. The molecule has 1 heterocycles. The molecule has 1 amide bonds. The summed E-state index contributed by atoms with van der Waals surface area (Å²) in [5.74, 6) is 0.676. The molecular weight excluding hydrogens is 372 g/mol. The highest BCUT2D eigenvalue weighted by Gasteiger charge is 2.23. The predicted molar refractivity (Wildman–Crippen MR) is 107 cm³/mol. The van der Waals surface area contributed by atoms with Gasteiger partial charge >= 0.3 is 0 Å². The monoisotopic (exact) mass is 394 g/mol. The van der Waals surface area contributed by atoms with Gasteiger partial charge in [-0.25, -0.2) is 0 Å². The first-order valence-electron chi connectivity index (χ1n) is 9.43. The van der Waals surface area contributed by atoms with Crippen LogP contribution in [0.4, 0.5) is 5.69 Å². The molecule has 0 N–H and O–H groups in total. The van der Waals surface area contributed by atoms with Crippen LogP contribution in [0.3, 0.4) is 0 Å². The largest absolute Gasteiger partial charge is 0.339 e. The molecule has 0 saturated carbocycles. The first kappa shape index (κ1) is 20.2. The Hall–Kier alpha value is -3.55. The smallest absolute Gasteiger partial charge is 0.270 e. The van der Waals surface area contributed by atoms with E-state index in [9.17, 15) is 14.9 Å². The summed E-state index contributed by atoms with van der Waals surface area (Å²) in [6.45, 7) is 4.30. The highest BCUT2D eigenvalue weighted by Crippen LogP contribution is 2.19. The third-order valence-corrected chi connectivity index (χ3v) is 4.75. The maximum atomic E-state index is 13.0. The second kappa shape index (κ2) is 9.09. The zero-order chi connectivity index (χ0) is 20.8. The molecule has 29 heavy (non-hydrogen) atoms. The number of benzene rings is 2. The quantitative estimate of drug-likeness (QED) is 0.420. The lowest BCUT2D eigenvalue weighted by Crippen LogP contribution is -2.39. The number of hydrogen-bond acceptors (Lipinski definition) is 6. The number of nitro groups is 1. The molecule has 8 nitrogen and oxygen atoms in total. The van der Waals surface area contributed by atoms with Crippen LogP contribution in [0.25, 0.3) is 11.4 Å². The number of nitrogens with zero attached hydrogens (tertiary/aromatic N) is 4. The van der Waals surface area contributed by atoms with Crippen LogP contribution < -0.4 is 0 Å². The van der Waals surface area contributed by atoms with Gasteiger partial charge in [0.1, 0.15) is 0 Å². The zero-order valence-corrected chi connectivity index (χ0v) is 16.3. The third-order valence-electron chi connectivity index (χ3n) is 4.75. The Kier molecular flexibility index (Phi) is 6.33. The van der Waals surface area contributed by atoms with Crippen LogP contribution in [-0.2, 0) is 6.42 Å². The molecule has 0 aliphatic heterocycles. The van der Waals surface area contributed by atoms with Gasteiger partial charge in [0.2, 0.25) is 11.7 Å². The summed E-state index contributed by atoms with van der Waals surface area (Å²) in [7, 11) is 0. The van der Waals surface area contributed by atoms with Crippen molar-refractivity contribution in [3.63, 3.8) is 0 Å². The Morgan fingerprint density at radius 2 is 1.97 bits per heavy atom. The van der Waals surface area contributed by atoms with Crippen molar-refractivity contribution < 1.29 is 14.2 Å². The Balaban J connectivity index is 1.75. The van der Waals surface area contributed by atoms with Crippen molar-refractivity contribution in [2.75, 3.05) is 6.54 Å². The summed E-state index contributed by atoms with van der Waals surface area (Å²) in [6.07, 6.45) is 1.14. The van der Waals surface area contributed by atoms with Gasteiger partial charge in [0.25, 0.3) is 11.6 Å². The maximum absolute atomic E-state index is 13.0. The maximum Gasteiger partial charge on any atom is 0.270 e. The molecule has 0 spiro atoms. The van der Waals surface area contributed by atoms with Gasteiger partial charge < -0.3 is 9.42 Å². The molecule has 0 saturated heterocycles. The third kappa shape index (κ3) is 4.84. The van der Waals surface area contributed by atoms with Crippen molar-refractivity contribution in [3.8, 4) is 11.4 Å². The van der Waals surface area contributed by atoms with Crippen molar-refractivity contribution in [2.45, 2.75) is 32.7 Å². The van der Waals surface area contributed by atoms with Crippen molar-refractivity contribution in [2.24, 2.45) is 0 Å². The van der Waals surface area contributed by atoms with E-state index in [-0.39, 0.29) is 23.2 Å². The van der Waals surface area contributed by atoms with Crippen LogP contribution in [0, 0.1) is 10.1 Å². The van der Waals surface area contributed by atoms with Crippen molar-refractivity contribution in [1.82, 2.24) is 15.0 Å². The molecule has 1 atom stereocenters. The molecule has 3 aromatic rings. The summed E-state index contributed by atoms with van der Waals surface area (Å²) in [4.78, 5) is 29.6. The Labute approximate surface area is 168 Å². The van der Waals surface area contributed by atoms with Crippen LogP contribution in [-0.4, -0.2) is 38.5 Å². The average molecular weight is 394 g/mol. The highest BCUT2D eigenvalue weighted by atomic mass is 16.6. The molecule has 0 fully saturated rings. The van der Waals surface area contributed by atoms with E-state index in [1.807, 2.05) is 44.2 Å². The average Bonchev–Trinajstić information content (AvgIpc) is 3.23. The SMILES string of the molecule is CCC(C)N(CCc1nc(-c2ccccc2)no1)C(=O)c1cccc([N+](=O)[O-])c1. The van der Waals surface area contributed by atoms with E-state index in [1.165, 1.54) is 18.2 Å². The number of aromatic nitrogens is 2. The number of amides is 1. The molecule has 0 aliphatic carbocycles. The molecule has 1 aromatic heterocycles. The Morgan fingerprint density at radius 1 is 1.21 bits per heavy atom. The van der Waals surface area contributed by atoms with Gasteiger partial charge in [0.15, 0.2) is 0 Å². The lowest BCUT2D eigenvalue weighted by atomic mass is 10.1. The van der Waals surface area contributed by atoms with E-state index in [4.69, 9.17) is 4.52 Å². The number of non-ortho nitro benzene ring substituents is 1. The van der Waals surface area contributed by atoms with Crippen LogP contribution in [0.1, 0.15) is 36.5 Å². The topological polar surface area (TPSA) is 102 Å². The fourth-order valence-corrected chi connectivity index (χ4v) is 2.94. The normalized spacial score (nSPS) is 11.8. The van der Waals surface area contributed by atoms with Gasteiger partial charge in [-0.3, -0.25) is 14.9 Å². The van der Waals surface area contributed by atoms with Gasteiger partial charge in [0.05, 0.1) is 4.92 Å². The summed E-state index contributed by atoms with van der Waals surface area (Å²) >= 11 is 0. The van der Waals surface area contributed by atoms with Gasteiger partial charge in [-0.15, -0.1) is 0 Å². The van der Waals surface area contributed by atoms with E-state index in [0.717, 1.165) is 12.0 Å². The van der Waals surface area contributed by atoms with E-state index in [2.05, 4.69) is 10.1 Å². The van der Waals surface area contributed by atoms with Crippen molar-refractivity contribution in [3.05, 3.63) is 76.2 Å². The van der Waals surface area contributed by atoms with Crippen molar-refractivity contribution in [1.29, 1.82) is 0 Å². The first-order chi connectivity index (χ1) is 14.0. The van der Waals surface area contributed by atoms with Crippen LogP contribution in [0.5, 0.6) is 0 Å².